The Bertz CT molecular complexity index is 1270. The van der Waals surface area contributed by atoms with Gasteiger partial charge >= 0.3 is 0 Å². The minimum absolute atomic E-state index is 0.0112. The van der Waals surface area contributed by atoms with Crippen LogP contribution in [0.25, 0.3) is 0 Å². The third-order valence-electron chi connectivity index (χ3n) is 5.77. The maximum atomic E-state index is 10.4. The Labute approximate surface area is 242 Å². The zero-order chi connectivity index (χ0) is 29.1. The zero-order valence-electron chi connectivity index (χ0n) is 21.8. The lowest BCUT2D eigenvalue weighted by atomic mass is 10.1. The quantitative estimate of drug-likeness (QED) is 0.163. The highest BCUT2D eigenvalue weighted by atomic mass is 35.5. The number of aliphatic hydroxyl groups is 2. The first-order chi connectivity index (χ1) is 19.2. The van der Waals surface area contributed by atoms with Crippen LogP contribution in [-0.4, -0.2) is 63.8 Å². The van der Waals surface area contributed by atoms with Gasteiger partial charge in [-0.3, -0.25) is 4.79 Å². The van der Waals surface area contributed by atoms with E-state index in [1.165, 1.54) is 6.07 Å². The van der Waals surface area contributed by atoms with Crippen LogP contribution in [0.3, 0.4) is 0 Å². The molecular weight excluding hydrogens is 563 g/mol. The van der Waals surface area contributed by atoms with Crippen LogP contribution < -0.4 is 14.8 Å². The van der Waals surface area contributed by atoms with Gasteiger partial charge in [-0.1, -0.05) is 41.4 Å². The molecule has 1 aliphatic rings. The second-order valence-electron chi connectivity index (χ2n) is 8.97. The van der Waals surface area contributed by atoms with E-state index in [2.05, 4.69) is 10.3 Å². The number of halogens is 2. The molecule has 0 bridgehead atoms. The highest BCUT2D eigenvalue weighted by Gasteiger charge is 2.22. The first-order valence-electron chi connectivity index (χ1n) is 12.5. The number of phenols is 1. The van der Waals surface area contributed by atoms with Gasteiger partial charge in [0.05, 0.1) is 25.9 Å². The Hall–Kier alpha value is -3.12. The number of pyridine rings is 1. The van der Waals surface area contributed by atoms with Crippen LogP contribution in [-0.2, 0) is 29.2 Å². The zero-order valence-corrected chi connectivity index (χ0v) is 23.4. The minimum atomic E-state index is -0.833. The molecule has 2 aromatic carbocycles. The number of ether oxygens (including phenoxy) is 3. The number of aliphatic carboxylic acids is 1. The molecule has 0 fully saturated rings. The number of carbonyl (C=O) groups is 1. The van der Waals surface area contributed by atoms with Crippen LogP contribution in [0, 0.1) is 0 Å². The van der Waals surface area contributed by atoms with E-state index in [4.69, 9.17) is 47.3 Å². The number of aliphatic hydroxyl groups excluding tert-OH is 2. The fourth-order valence-corrected chi connectivity index (χ4v) is 4.17. The average Bonchev–Trinajstić information content (AvgIpc) is 2.92. The fraction of sp³-hybridized carbons (Fsp3) is 0.357. The molecule has 1 aliphatic heterocycles. The van der Waals surface area contributed by atoms with Crippen molar-refractivity contribution in [3.05, 3.63) is 81.1 Å². The Morgan fingerprint density at radius 3 is 2.65 bits per heavy atom. The monoisotopic (exact) mass is 594 g/mol. The number of nitrogens with one attached hydrogen (secondary N) is 1. The molecule has 0 saturated heterocycles. The lowest BCUT2D eigenvalue weighted by Crippen LogP contribution is -2.33. The molecule has 0 unspecified atom stereocenters. The van der Waals surface area contributed by atoms with Crippen LogP contribution in [0.1, 0.15) is 35.3 Å². The summed E-state index contributed by atoms with van der Waals surface area (Å²) >= 11 is 11.9. The van der Waals surface area contributed by atoms with Crippen LogP contribution in [0.15, 0.2) is 48.5 Å². The van der Waals surface area contributed by atoms with Gasteiger partial charge in [0.15, 0.2) is 17.6 Å². The van der Waals surface area contributed by atoms with Crippen molar-refractivity contribution < 1.29 is 39.4 Å². The normalized spacial score (nSPS) is 14.7. The topological polar surface area (TPSA) is 151 Å². The number of aromatic hydroxyl groups is 1. The Morgan fingerprint density at radius 1 is 1.15 bits per heavy atom. The fourth-order valence-electron chi connectivity index (χ4n) is 3.78. The van der Waals surface area contributed by atoms with Gasteiger partial charge in [-0.15, -0.1) is 0 Å². The highest BCUT2D eigenvalue weighted by Crippen LogP contribution is 2.33. The predicted octanol–water partition coefficient (Wildman–Crippen LogP) is 3.90. The van der Waals surface area contributed by atoms with Gasteiger partial charge in [0.2, 0.25) is 0 Å². The van der Waals surface area contributed by atoms with E-state index >= 15 is 0 Å². The van der Waals surface area contributed by atoms with E-state index < -0.39 is 12.1 Å². The van der Waals surface area contributed by atoms with E-state index in [0.29, 0.717) is 65.8 Å². The van der Waals surface area contributed by atoms with Gasteiger partial charge < -0.3 is 40.0 Å². The molecule has 40 heavy (non-hydrogen) atoms. The van der Waals surface area contributed by atoms with Crippen LogP contribution in [0.5, 0.6) is 17.2 Å². The molecule has 2 atom stereocenters. The third kappa shape index (κ3) is 9.81. The van der Waals surface area contributed by atoms with Crippen molar-refractivity contribution in [3.8, 4) is 17.2 Å². The Balaban J connectivity index is 0.00000103. The van der Waals surface area contributed by atoms with Crippen LogP contribution in [0.4, 0.5) is 0 Å². The van der Waals surface area contributed by atoms with Crippen molar-refractivity contribution in [2.24, 2.45) is 0 Å². The molecule has 0 saturated carbocycles. The summed E-state index contributed by atoms with van der Waals surface area (Å²) in [6, 6.07) is 14.0. The number of carboxylic acid groups (broad SMARTS) is 1. The summed E-state index contributed by atoms with van der Waals surface area (Å²) in [5.74, 6) is 0.534. The van der Waals surface area contributed by atoms with Crippen LogP contribution in [0.2, 0.25) is 10.3 Å². The van der Waals surface area contributed by atoms with E-state index in [0.717, 1.165) is 24.5 Å². The summed E-state index contributed by atoms with van der Waals surface area (Å²) in [5.41, 5.74) is 2.83. The van der Waals surface area contributed by atoms with Gasteiger partial charge in [0.25, 0.3) is 5.97 Å². The Kier molecular flexibility index (Phi) is 12.3. The number of benzene rings is 2. The molecule has 216 valence electrons. The second-order valence-corrected chi connectivity index (χ2v) is 9.71. The number of aromatic nitrogens is 1. The molecule has 0 radical (unpaired) electrons. The second kappa shape index (κ2) is 15.6. The molecule has 3 aromatic rings. The molecule has 2 heterocycles. The standard InChI is InChI=1S/C26H28Cl2N2O6.C2H4O2/c27-25-6-3-18(26(28)30-25)13-34-14-20-15-35-23-5-1-16(9-24(23)36-20)7-8-29-11-22(33)17-2-4-21(32)19(10-17)12-31;1-2(3)4/h1-6,9-10,20,22,29,31-33H,7-8,11-15H2;1H3,(H,3,4)/t20-,22+;/m1./s1. The van der Waals surface area contributed by atoms with Crippen molar-refractivity contribution in [1.82, 2.24) is 10.3 Å². The summed E-state index contributed by atoms with van der Waals surface area (Å²) in [4.78, 5) is 13.0. The first-order valence-corrected chi connectivity index (χ1v) is 13.2. The van der Waals surface area contributed by atoms with Crippen molar-refractivity contribution in [1.29, 1.82) is 0 Å². The summed E-state index contributed by atoms with van der Waals surface area (Å²) in [6.45, 7) is 2.78. The van der Waals surface area contributed by atoms with Crippen molar-refractivity contribution in [2.45, 2.75) is 38.8 Å². The summed E-state index contributed by atoms with van der Waals surface area (Å²) in [6.07, 6.45) is -0.283. The number of nitrogens with zero attached hydrogens (tertiary/aromatic N) is 1. The number of hydrogen-bond donors (Lipinski definition) is 5. The molecule has 0 amide bonds. The number of hydrogen-bond acceptors (Lipinski definition) is 9. The molecular formula is C28H32Cl2N2O8. The smallest absolute Gasteiger partial charge is 0.300 e. The van der Waals surface area contributed by atoms with Gasteiger partial charge in [-0.05, 0) is 54.4 Å². The molecule has 5 N–H and O–H groups in total. The largest absolute Gasteiger partial charge is 0.508 e. The van der Waals surface area contributed by atoms with E-state index in [-0.39, 0.29) is 18.5 Å². The maximum Gasteiger partial charge on any atom is 0.300 e. The molecule has 10 nitrogen and oxygen atoms in total. The molecule has 1 aromatic heterocycles. The molecule has 4 rings (SSSR count). The van der Waals surface area contributed by atoms with E-state index in [9.17, 15) is 15.3 Å². The summed E-state index contributed by atoms with van der Waals surface area (Å²) < 4.78 is 17.6. The van der Waals surface area contributed by atoms with Gasteiger partial charge in [0.1, 0.15) is 22.7 Å². The van der Waals surface area contributed by atoms with Crippen LogP contribution >= 0.6 is 23.2 Å². The summed E-state index contributed by atoms with van der Waals surface area (Å²) in [5, 5.41) is 40.6. The lowest BCUT2D eigenvalue weighted by molar-refractivity contribution is -0.134. The number of rotatable bonds is 11. The van der Waals surface area contributed by atoms with Gasteiger partial charge in [-0.2, -0.15) is 0 Å². The van der Waals surface area contributed by atoms with Crippen molar-refractivity contribution >= 4 is 29.2 Å². The number of fused-ring (bicyclic) bond motifs is 1. The van der Waals surface area contributed by atoms with Gasteiger partial charge in [-0.25, -0.2) is 4.98 Å². The SMILES string of the molecule is CC(=O)O.OCc1cc([C@@H](O)CNCCc2ccc3c(c2)O[C@H](COCc2ccc(Cl)nc2Cl)CO3)ccc1O. The minimum Gasteiger partial charge on any atom is -0.508 e. The van der Waals surface area contributed by atoms with E-state index in [1.54, 1.807) is 24.3 Å². The molecule has 12 heteroatoms. The predicted molar refractivity (Wildman–Crippen MR) is 149 cm³/mol. The highest BCUT2D eigenvalue weighted by molar-refractivity contribution is 6.32. The maximum absolute atomic E-state index is 10.4. The Morgan fingerprint density at radius 2 is 1.93 bits per heavy atom. The molecule has 0 spiro atoms. The van der Waals surface area contributed by atoms with Crippen molar-refractivity contribution in [3.63, 3.8) is 0 Å². The first kappa shape index (κ1) is 31.4. The molecule has 0 aliphatic carbocycles. The lowest BCUT2D eigenvalue weighted by Gasteiger charge is -2.27. The van der Waals surface area contributed by atoms with E-state index in [1.807, 2.05) is 18.2 Å². The number of carboxylic acids is 1. The third-order valence-corrected chi connectivity index (χ3v) is 6.30. The summed E-state index contributed by atoms with van der Waals surface area (Å²) in [7, 11) is 0. The van der Waals surface area contributed by atoms with Gasteiger partial charge in [0, 0.05) is 24.6 Å². The van der Waals surface area contributed by atoms with Crippen molar-refractivity contribution in [2.75, 3.05) is 26.3 Å². The average molecular weight is 595 g/mol.